The fourth-order valence-electron chi connectivity index (χ4n) is 2.25. The molecule has 1 aliphatic heterocycles. The molecule has 0 spiro atoms. The normalized spacial score (nSPS) is 17.0. The average molecular weight is 200 g/mol. The minimum atomic E-state index is 0.190. The summed E-state index contributed by atoms with van der Waals surface area (Å²) in [6.45, 7) is 1.37. The number of fused-ring (bicyclic) bond motifs is 3. The van der Waals surface area contributed by atoms with Crippen molar-refractivity contribution in [2.75, 3.05) is 13.6 Å². The number of aromatic amines is 1. The number of hydrogen-bond acceptors (Lipinski definition) is 2. The first-order chi connectivity index (χ1) is 7.25. The molecule has 1 aromatic heterocycles. The summed E-state index contributed by atoms with van der Waals surface area (Å²) in [4.78, 5) is 17.0. The van der Waals surface area contributed by atoms with Crippen LogP contribution < -0.4 is 0 Å². The molecule has 2 heterocycles. The van der Waals surface area contributed by atoms with E-state index in [-0.39, 0.29) is 5.78 Å². The summed E-state index contributed by atoms with van der Waals surface area (Å²) in [6, 6.07) is 8.08. The lowest BCUT2D eigenvalue weighted by Crippen LogP contribution is -2.31. The van der Waals surface area contributed by atoms with E-state index in [9.17, 15) is 4.79 Å². The number of benzene rings is 1. The number of Topliss-reactive ketones (excluding diaryl/α,β-unsaturated/α-hetero) is 1. The second kappa shape index (κ2) is 2.94. The van der Waals surface area contributed by atoms with Gasteiger partial charge >= 0.3 is 0 Å². The molecule has 1 aliphatic rings. The standard InChI is InChI=1S/C12H12N2O/c1-14-6-9-8-4-2-3-5-10(8)13-12(9)11(15)7-14/h2-5,13H,6-7H2,1H3. The Morgan fingerprint density at radius 1 is 1.27 bits per heavy atom. The van der Waals surface area contributed by atoms with Gasteiger partial charge in [0.15, 0.2) is 5.78 Å². The average Bonchev–Trinajstić information content (AvgIpc) is 2.57. The van der Waals surface area contributed by atoms with Crippen LogP contribution in [0, 0.1) is 0 Å². The van der Waals surface area contributed by atoms with Gasteiger partial charge in [-0.1, -0.05) is 18.2 Å². The van der Waals surface area contributed by atoms with Gasteiger partial charge in [0.1, 0.15) is 0 Å². The molecule has 0 amide bonds. The first-order valence-electron chi connectivity index (χ1n) is 5.07. The number of ketones is 1. The van der Waals surface area contributed by atoms with Gasteiger partial charge in [-0.3, -0.25) is 9.69 Å². The Labute approximate surface area is 87.7 Å². The van der Waals surface area contributed by atoms with Gasteiger partial charge in [0, 0.05) is 23.0 Å². The fraction of sp³-hybridized carbons (Fsp3) is 0.250. The van der Waals surface area contributed by atoms with Crippen molar-refractivity contribution >= 4 is 16.7 Å². The van der Waals surface area contributed by atoms with Crippen molar-refractivity contribution in [2.24, 2.45) is 0 Å². The highest BCUT2D eigenvalue weighted by Crippen LogP contribution is 2.26. The maximum Gasteiger partial charge on any atom is 0.193 e. The Kier molecular flexibility index (Phi) is 1.70. The highest BCUT2D eigenvalue weighted by Gasteiger charge is 2.24. The Balaban J connectivity index is 2.32. The summed E-state index contributed by atoms with van der Waals surface area (Å²) >= 11 is 0. The Morgan fingerprint density at radius 3 is 2.93 bits per heavy atom. The van der Waals surface area contributed by atoms with Gasteiger partial charge in [0.25, 0.3) is 0 Å². The van der Waals surface area contributed by atoms with Gasteiger partial charge < -0.3 is 4.98 Å². The molecule has 3 rings (SSSR count). The summed E-state index contributed by atoms with van der Waals surface area (Å²) in [5, 5.41) is 1.17. The topological polar surface area (TPSA) is 36.1 Å². The largest absolute Gasteiger partial charge is 0.352 e. The zero-order chi connectivity index (χ0) is 10.4. The molecule has 3 heteroatoms. The number of likely N-dealkylation sites (N-methyl/N-ethyl adjacent to an activating group) is 1. The fourth-order valence-corrected chi connectivity index (χ4v) is 2.25. The van der Waals surface area contributed by atoms with E-state index < -0.39 is 0 Å². The molecule has 0 bridgehead atoms. The highest BCUT2D eigenvalue weighted by atomic mass is 16.1. The number of carbonyl (C=O) groups is 1. The van der Waals surface area contributed by atoms with Crippen molar-refractivity contribution in [1.82, 2.24) is 9.88 Å². The van der Waals surface area contributed by atoms with Gasteiger partial charge in [0.2, 0.25) is 0 Å². The van der Waals surface area contributed by atoms with Gasteiger partial charge in [-0.15, -0.1) is 0 Å². The van der Waals surface area contributed by atoms with Gasteiger partial charge in [-0.25, -0.2) is 0 Å². The predicted molar refractivity (Wildman–Crippen MR) is 59.0 cm³/mol. The monoisotopic (exact) mass is 200 g/mol. The summed E-state index contributed by atoms with van der Waals surface area (Å²) in [6.07, 6.45) is 0. The van der Waals surface area contributed by atoms with Crippen LogP contribution in [-0.4, -0.2) is 29.3 Å². The molecule has 1 N–H and O–H groups in total. The quantitative estimate of drug-likeness (QED) is 0.703. The van der Waals surface area contributed by atoms with Crippen molar-refractivity contribution in [3.8, 4) is 0 Å². The Hall–Kier alpha value is -1.61. The zero-order valence-corrected chi connectivity index (χ0v) is 8.58. The molecule has 0 saturated carbocycles. The molecule has 1 aromatic carbocycles. The third-order valence-electron chi connectivity index (χ3n) is 2.93. The van der Waals surface area contributed by atoms with Crippen LogP contribution in [0.3, 0.4) is 0 Å². The smallest absolute Gasteiger partial charge is 0.193 e. The lowest BCUT2D eigenvalue weighted by atomic mass is 10.0. The lowest BCUT2D eigenvalue weighted by molar-refractivity contribution is 0.0919. The number of hydrogen-bond donors (Lipinski definition) is 1. The molecule has 0 atom stereocenters. The number of nitrogens with zero attached hydrogens (tertiary/aromatic N) is 1. The lowest BCUT2D eigenvalue weighted by Gasteiger charge is -2.21. The van der Waals surface area contributed by atoms with E-state index >= 15 is 0 Å². The Bertz CT molecular complexity index is 542. The molecule has 2 aromatic rings. The Morgan fingerprint density at radius 2 is 2.07 bits per heavy atom. The number of H-pyrrole nitrogens is 1. The van der Waals surface area contributed by atoms with Crippen LogP contribution in [0.15, 0.2) is 24.3 Å². The van der Waals surface area contributed by atoms with E-state index in [4.69, 9.17) is 0 Å². The van der Waals surface area contributed by atoms with Crippen LogP contribution in [0.2, 0.25) is 0 Å². The van der Waals surface area contributed by atoms with Crippen molar-refractivity contribution in [3.63, 3.8) is 0 Å². The molecule has 0 unspecified atom stereocenters. The van der Waals surface area contributed by atoms with E-state index in [1.165, 1.54) is 5.39 Å². The van der Waals surface area contributed by atoms with Crippen LogP contribution in [0.25, 0.3) is 10.9 Å². The van der Waals surface area contributed by atoms with E-state index in [0.29, 0.717) is 6.54 Å². The minimum Gasteiger partial charge on any atom is -0.352 e. The molecule has 15 heavy (non-hydrogen) atoms. The molecule has 0 aliphatic carbocycles. The summed E-state index contributed by atoms with van der Waals surface area (Å²) in [5.41, 5.74) is 3.00. The number of nitrogens with one attached hydrogen (secondary N) is 1. The van der Waals surface area contributed by atoms with E-state index in [1.54, 1.807) is 0 Å². The number of para-hydroxylation sites is 1. The molecular formula is C12H12N2O. The molecule has 3 nitrogen and oxygen atoms in total. The maximum atomic E-state index is 11.8. The minimum absolute atomic E-state index is 0.190. The molecule has 0 fully saturated rings. The second-order valence-corrected chi connectivity index (χ2v) is 4.12. The van der Waals surface area contributed by atoms with E-state index in [0.717, 1.165) is 23.3 Å². The molecule has 0 saturated heterocycles. The second-order valence-electron chi connectivity index (χ2n) is 4.12. The summed E-state index contributed by atoms with van der Waals surface area (Å²) in [5.74, 6) is 0.190. The summed E-state index contributed by atoms with van der Waals surface area (Å²) < 4.78 is 0. The van der Waals surface area contributed by atoms with Crippen molar-refractivity contribution in [1.29, 1.82) is 0 Å². The van der Waals surface area contributed by atoms with Crippen LogP contribution in [-0.2, 0) is 6.54 Å². The summed E-state index contributed by atoms with van der Waals surface area (Å²) in [7, 11) is 1.97. The van der Waals surface area contributed by atoms with Gasteiger partial charge in [0.05, 0.1) is 12.2 Å². The molecule has 0 radical (unpaired) electrons. The zero-order valence-electron chi connectivity index (χ0n) is 8.58. The molecule has 76 valence electrons. The number of carbonyl (C=O) groups excluding carboxylic acids is 1. The number of aromatic nitrogens is 1. The third-order valence-corrected chi connectivity index (χ3v) is 2.93. The van der Waals surface area contributed by atoms with Gasteiger partial charge in [-0.05, 0) is 13.1 Å². The van der Waals surface area contributed by atoms with Crippen LogP contribution in [0.5, 0.6) is 0 Å². The number of rotatable bonds is 0. The van der Waals surface area contributed by atoms with Crippen LogP contribution in [0.4, 0.5) is 0 Å². The van der Waals surface area contributed by atoms with Crippen LogP contribution in [0.1, 0.15) is 16.1 Å². The van der Waals surface area contributed by atoms with E-state index in [2.05, 4.69) is 11.1 Å². The third kappa shape index (κ3) is 1.20. The molecular weight excluding hydrogens is 188 g/mol. The first-order valence-corrected chi connectivity index (χ1v) is 5.07. The van der Waals surface area contributed by atoms with Crippen molar-refractivity contribution in [3.05, 3.63) is 35.5 Å². The van der Waals surface area contributed by atoms with Crippen molar-refractivity contribution < 1.29 is 4.79 Å². The van der Waals surface area contributed by atoms with Crippen molar-refractivity contribution in [2.45, 2.75) is 6.54 Å². The van der Waals surface area contributed by atoms with Crippen LogP contribution >= 0.6 is 0 Å². The highest BCUT2D eigenvalue weighted by molar-refractivity contribution is 6.04. The van der Waals surface area contributed by atoms with E-state index in [1.807, 2.05) is 30.1 Å². The first kappa shape index (κ1) is 8.68. The van der Waals surface area contributed by atoms with Gasteiger partial charge in [-0.2, -0.15) is 0 Å². The SMILES string of the molecule is CN1CC(=O)c2[nH]c3ccccc3c2C1. The maximum absolute atomic E-state index is 11.8. The predicted octanol–water partition coefficient (Wildman–Crippen LogP) is 1.80.